The smallest absolute Gasteiger partial charge is 0.168 e. The van der Waals surface area contributed by atoms with Crippen molar-refractivity contribution in [3.8, 4) is 11.1 Å². The lowest BCUT2D eigenvalue weighted by Crippen LogP contribution is -2.38. The molecule has 0 saturated heterocycles. The molecule has 2 unspecified atom stereocenters. The predicted octanol–water partition coefficient (Wildman–Crippen LogP) is 3.11. The number of aliphatic hydroxyl groups excluding tert-OH is 1. The number of carbonyl (C=O) groups is 1. The van der Waals surface area contributed by atoms with E-state index in [1.165, 1.54) is 6.08 Å². The van der Waals surface area contributed by atoms with E-state index >= 15 is 0 Å². The van der Waals surface area contributed by atoms with E-state index in [1.54, 1.807) is 13.0 Å². The molecular formula is C18H16O2. The Morgan fingerprint density at radius 3 is 2.10 bits per heavy atom. The molecule has 20 heavy (non-hydrogen) atoms. The van der Waals surface area contributed by atoms with Crippen LogP contribution < -0.4 is 0 Å². The van der Waals surface area contributed by atoms with E-state index in [0.717, 1.165) is 16.7 Å². The Bertz CT molecular complexity index is 656. The number of hydrogen-bond acceptors (Lipinski definition) is 2. The molecule has 0 aromatic heterocycles. The SMILES string of the molecule is CC1(c2ccc(-c3ccccc3)cc2)C(=O)C=CC1O. The summed E-state index contributed by atoms with van der Waals surface area (Å²) in [7, 11) is 0. The van der Waals surface area contributed by atoms with E-state index in [9.17, 15) is 9.90 Å². The molecule has 2 heteroatoms. The molecular weight excluding hydrogens is 248 g/mol. The van der Waals surface area contributed by atoms with E-state index in [4.69, 9.17) is 0 Å². The maximum atomic E-state index is 12.0. The van der Waals surface area contributed by atoms with Crippen LogP contribution in [0.15, 0.2) is 66.7 Å². The van der Waals surface area contributed by atoms with Gasteiger partial charge in [0.25, 0.3) is 0 Å². The fourth-order valence-corrected chi connectivity index (χ4v) is 2.64. The number of benzene rings is 2. The number of aliphatic hydroxyl groups is 1. The second-order valence-corrected chi connectivity index (χ2v) is 5.31. The van der Waals surface area contributed by atoms with E-state index in [0.29, 0.717) is 0 Å². The lowest BCUT2D eigenvalue weighted by molar-refractivity contribution is -0.120. The average molecular weight is 264 g/mol. The highest BCUT2D eigenvalue weighted by Gasteiger charge is 2.43. The summed E-state index contributed by atoms with van der Waals surface area (Å²) in [6.07, 6.45) is 2.28. The molecule has 0 heterocycles. The highest BCUT2D eigenvalue weighted by atomic mass is 16.3. The van der Waals surface area contributed by atoms with Crippen LogP contribution in [0.5, 0.6) is 0 Å². The van der Waals surface area contributed by atoms with Gasteiger partial charge in [0.1, 0.15) is 0 Å². The van der Waals surface area contributed by atoms with Gasteiger partial charge < -0.3 is 5.11 Å². The fraction of sp³-hybridized carbons (Fsp3) is 0.167. The molecule has 2 atom stereocenters. The van der Waals surface area contributed by atoms with Gasteiger partial charge in [-0.25, -0.2) is 0 Å². The number of rotatable bonds is 2. The fourth-order valence-electron chi connectivity index (χ4n) is 2.64. The Labute approximate surface area is 118 Å². The van der Waals surface area contributed by atoms with Gasteiger partial charge in [-0.15, -0.1) is 0 Å². The standard InChI is InChI=1S/C18H16O2/c1-18(16(19)11-12-17(18)20)15-9-7-14(8-10-15)13-5-3-2-4-6-13/h2-12,16,19H,1H3. The lowest BCUT2D eigenvalue weighted by atomic mass is 9.77. The average Bonchev–Trinajstić information content (AvgIpc) is 2.77. The topological polar surface area (TPSA) is 37.3 Å². The molecule has 0 spiro atoms. The zero-order valence-corrected chi connectivity index (χ0v) is 11.3. The summed E-state index contributed by atoms with van der Waals surface area (Å²) < 4.78 is 0. The third kappa shape index (κ3) is 1.89. The first-order valence-corrected chi connectivity index (χ1v) is 6.69. The van der Waals surface area contributed by atoms with Crippen LogP contribution in [0.2, 0.25) is 0 Å². The van der Waals surface area contributed by atoms with Gasteiger partial charge >= 0.3 is 0 Å². The normalized spacial score (nSPS) is 25.1. The molecule has 2 aromatic rings. The Balaban J connectivity index is 1.97. The van der Waals surface area contributed by atoms with E-state index in [-0.39, 0.29) is 5.78 Å². The summed E-state index contributed by atoms with van der Waals surface area (Å²) in [5, 5.41) is 10.1. The van der Waals surface area contributed by atoms with Crippen molar-refractivity contribution in [2.45, 2.75) is 18.4 Å². The quantitative estimate of drug-likeness (QED) is 0.905. The monoisotopic (exact) mass is 264 g/mol. The Hall–Kier alpha value is -2.19. The van der Waals surface area contributed by atoms with Gasteiger partial charge in [0.15, 0.2) is 5.78 Å². The van der Waals surface area contributed by atoms with Crippen molar-refractivity contribution in [3.05, 3.63) is 72.3 Å². The predicted molar refractivity (Wildman–Crippen MR) is 79.4 cm³/mol. The summed E-state index contributed by atoms with van der Waals surface area (Å²) in [6.45, 7) is 1.79. The van der Waals surface area contributed by atoms with Gasteiger partial charge in [0.2, 0.25) is 0 Å². The number of allylic oxidation sites excluding steroid dienone is 1. The van der Waals surface area contributed by atoms with Crippen LogP contribution in [0.3, 0.4) is 0 Å². The second-order valence-electron chi connectivity index (χ2n) is 5.31. The van der Waals surface area contributed by atoms with Crippen molar-refractivity contribution >= 4 is 5.78 Å². The van der Waals surface area contributed by atoms with Gasteiger partial charge in [-0.05, 0) is 29.7 Å². The van der Waals surface area contributed by atoms with Crippen LogP contribution in [-0.4, -0.2) is 17.0 Å². The van der Waals surface area contributed by atoms with Crippen molar-refractivity contribution in [2.24, 2.45) is 0 Å². The van der Waals surface area contributed by atoms with Gasteiger partial charge in [-0.3, -0.25) is 4.79 Å². The molecule has 1 aliphatic carbocycles. The first-order chi connectivity index (χ1) is 9.62. The molecule has 1 aliphatic rings. The molecule has 100 valence electrons. The Morgan fingerprint density at radius 1 is 0.950 bits per heavy atom. The third-order valence-electron chi connectivity index (χ3n) is 4.12. The van der Waals surface area contributed by atoms with Crippen LogP contribution in [0.25, 0.3) is 11.1 Å². The van der Waals surface area contributed by atoms with Crippen molar-refractivity contribution in [1.82, 2.24) is 0 Å². The van der Waals surface area contributed by atoms with Crippen LogP contribution in [-0.2, 0) is 10.2 Å². The highest BCUT2D eigenvalue weighted by molar-refractivity contribution is 6.02. The van der Waals surface area contributed by atoms with Crippen LogP contribution in [0.1, 0.15) is 12.5 Å². The first-order valence-electron chi connectivity index (χ1n) is 6.69. The van der Waals surface area contributed by atoms with E-state index in [2.05, 4.69) is 0 Å². The summed E-state index contributed by atoms with van der Waals surface area (Å²) in [4.78, 5) is 12.0. The summed E-state index contributed by atoms with van der Waals surface area (Å²) in [5.74, 6) is -0.0440. The van der Waals surface area contributed by atoms with Crippen LogP contribution in [0.4, 0.5) is 0 Å². The van der Waals surface area contributed by atoms with Crippen LogP contribution >= 0.6 is 0 Å². The summed E-state index contributed by atoms with van der Waals surface area (Å²) >= 11 is 0. The molecule has 2 nitrogen and oxygen atoms in total. The first kappa shape index (κ1) is 12.8. The third-order valence-corrected chi connectivity index (χ3v) is 4.12. The number of ketones is 1. The van der Waals surface area contributed by atoms with Crippen molar-refractivity contribution < 1.29 is 9.90 Å². The maximum absolute atomic E-state index is 12.0. The molecule has 3 rings (SSSR count). The molecule has 0 saturated carbocycles. The number of carbonyl (C=O) groups excluding carboxylic acids is 1. The summed E-state index contributed by atoms with van der Waals surface area (Å²) in [5.41, 5.74) is 2.24. The molecule has 0 aliphatic heterocycles. The molecule has 0 fully saturated rings. The Morgan fingerprint density at radius 2 is 1.55 bits per heavy atom. The minimum absolute atomic E-state index is 0.0440. The minimum Gasteiger partial charge on any atom is -0.388 e. The van der Waals surface area contributed by atoms with Gasteiger partial charge in [0.05, 0.1) is 11.5 Å². The van der Waals surface area contributed by atoms with Crippen molar-refractivity contribution in [2.75, 3.05) is 0 Å². The Kier molecular flexibility index (Phi) is 3.03. The molecule has 0 bridgehead atoms. The van der Waals surface area contributed by atoms with Gasteiger partial charge in [-0.2, -0.15) is 0 Å². The lowest BCUT2D eigenvalue weighted by Gasteiger charge is -2.27. The number of hydrogen-bond donors (Lipinski definition) is 1. The minimum atomic E-state index is -0.852. The molecule has 0 amide bonds. The zero-order valence-electron chi connectivity index (χ0n) is 11.3. The maximum Gasteiger partial charge on any atom is 0.168 e. The summed E-state index contributed by atoms with van der Waals surface area (Å²) in [6, 6.07) is 17.9. The van der Waals surface area contributed by atoms with Gasteiger partial charge in [-0.1, -0.05) is 60.7 Å². The molecule has 0 radical (unpaired) electrons. The van der Waals surface area contributed by atoms with E-state index < -0.39 is 11.5 Å². The molecule has 1 N–H and O–H groups in total. The van der Waals surface area contributed by atoms with Crippen LogP contribution in [0, 0.1) is 0 Å². The van der Waals surface area contributed by atoms with E-state index in [1.807, 2.05) is 54.6 Å². The van der Waals surface area contributed by atoms with Crippen molar-refractivity contribution in [1.29, 1.82) is 0 Å². The largest absolute Gasteiger partial charge is 0.388 e. The van der Waals surface area contributed by atoms with Gasteiger partial charge in [0, 0.05) is 0 Å². The highest BCUT2D eigenvalue weighted by Crippen LogP contribution is 2.35. The second kappa shape index (κ2) is 4.73. The van der Waals surface area contributed by atoms with Crippen molar-refractivity contribution in [3.63, 3.8) is 0 Å². The molecule has 2 aromatic carbocycles. The zero-order chi connectivity index (χ0) is 14.2.